The largest absolute Gasteiger partial charge is 0.477 e. The molecule has 196 valence electrons. The number of hydrogen-bond acceptors (Lipinski definition) is 4. The molecular weight excluding hydrogens is 484 g/mol. The molecule has 9 nitrogen and oxygen atoms in total. The molecule has 0 radical (unpaired) electrons. The van der Waals surface area contributed by atoms with Gasteiger partial charge in [0.15, 0.2) is 0 Å². The highest BCUT2D eigenvalue weighted by atomic mass is 16.4. The maximum Gasteiger partial charge on any atom is 0.354 e. The predicted octanol–water partition coefficient (Wildman–Crippen LogP) is 4.89. The molecule has 2 aromatic heterocycles. The van der Waals surface area contributed by atoms with E-state index in [0.29, 0.717) is 25.1 Å². The molecule has 9 heteroatoms. The third-order valence-electron chi connectivity index (χ3n) is 6.38. The van der Waals surface area contributed by atoms with Crippen LogP contribution in [-0.2, 0) is 24.2 Å². The molecule has 0 spiro atoms. The van der Waals surface area contributed by atoms with E-state index in [0.717, 1.165) is 29.8 Å². The molecule has 1 atom stereocenters. The number of rotatable bonds is 12. The van der Waals surface area contributed by atoms with Gasteiger partial charge in [-0.15, -0.1) is 0 Å². The Kier molecular flexibility index (Phi) is 8.37. The van der Waals surface area contributed by atoms with Crippen molar-refractivity contribution in [3.8, 4) is 0 Å². The number of imidazole rings is 1. The van der Waals surface area contributed by atoms with Crippen LogP contribution >= 0.6 is 0 Å². The maximum absolute atomic E-state index is 13.4. The Labute approximate surface area is 220 Å². The first-order chi connectivity index (χ1) is 18.4. The van der Waals surface area contributed by atoms with Gasteiger partial charge in [-0.3, -0.25) is 4.79 Å². The Morgan fingerprint density at radius 3 is 2.26 bits per heavy atom. The Hall–Kier alpha value is -4.66. The fraction of sp³-hybridized carbons (Fsp3) is 0.241. The predicted molar refractivity (Wildman–Crippen MR) is 143 cm³/mol. The summed E-state index contributed by atoms with van der Waals surface area (Å²) >= 11 is 0. The molecular formula is C29H30N4O5. The Balaban J connectivity index is 1.53. The van der Waals surface area contributed by atoms with Gasteiger partial charge >= 0.3 is 11.9 Å². The molecule has 0 fully saturated rings. The lowest BCUT2D eigenvalue weighted by molar-refractivity contribution is -0.119. The van der Waals surface area contributed by atoms with Crippen LogP contribution < -0.4 is 5.32 Å². The molecule has 4 aromatic rings. The molecule has 0 saturated carbocycles. The Bertz CT molecular complexity index is 1410. The first-order valence-corrected chi connectivity index (χ1v) is 12.5. The van der Waals surface area contributed by atoms with E-state index in [2.05, 4.69) is 17.2 Å². The number of anilines is 1. The number of carbonyl (C=O) groups is 3. The minimum absolute atomic E-state index is 0.0323. The number of aryl methyl sites for hydroxylation is 1. The van der Waals surface area contributed by atoms with E-state index in [9.17, 15) is 24.6 Å². The summed E-state index contributed by atoms with van der Waals surface area (Å²) in [5.41, 5.74) is 2.49. The second-order valence-corrected chi connectivity index (χ2v) is 9.05. The fourth-order valence-corrected chi connectivity index (χ4v) is 4.40. The third kappa shape index (κ3) is 6.18. The highest BCUT2D eigenvalue weighted by molar-refractivity contribution is 5.95. The first-order valence-electron chi connectivity index (χ1n) is 12.5. The zero-order valence-corrected chi connectivity index (χ0v) is 21.1. The Morgan fingerprint density at radius 2 is 1.61 bits per heavy atom. The number of aromatic carboxylic acids is 2. The van der Waals surface area contributed by atoms with E-state index in [1.807, 2.05) is 42.5 Å². The van der Waals surface area contributed by atoms with Gasteiger partial charge < -0.3 is 24.7 Å². The van der Waals surface area contributed by atoms with Gasteiger partial charge in [0, 0.05) is 31.3 Å². The molecule has 0 aliphatic rings. The van der Waals surface area contributed by atoms with Crippen LogP contribution in [0.15, 0.2) is 79.1 Å². The van der Waals surface area contributed by atoms with E-state index in [1.165, 1.54) is 16.8 Å². The smallest absolute Gasteiger partial charge is 0.354 e. The minimum atomic E-state index is -1.11. The van der Waals surface area contributed by atoms with Crippen LogP contribution in [0.3, 0.4) is 0 Å². The summed E-state index contributed by atoms with van der Waals surface area (Å²) in [6.07, 6.45) is 5.89. The number of carboxylic acid groups (broad SMARTS) is 2. The van der Waals surface area contributed by atoms with Crippen molar-refractivity contribution >= 4 is 23.5 Å². The summed E-state index contributed by atoms with van der Waals surface area (Å²) in [5.74, 6) is -1.75. The molecule has 38 heavy (non-hydrogen) atoms. The average molecular weight is 515 g/mol. The van der Waals surface area contributed by atoms with Crippen LogP contribution in [0, 0.1) is 0 Å². The molecule has 0 unspecified atom stereocenters. The van der Waals surface area contributed by atoms with Crippen LogP contribution in [0.2, 0.25) is 0 Å². The second kappa shape index (κ2) is 12.1. The number of amides is 1. The van der Waals surface area contributed by atoms with Crippen molar-refractivity contribution in [2.75, 3.05) is 5.32 Å². The van der Waals surface area contributed by atoms with E-state index < -0.39 is 18.0 Å². The SMILES string of the molecule is CCCCc1ncc(C(=O)O)n1Cc1ccc(NC(=O)[C@H](Cc2ccccc2)n2cccc2C(=O)O)cc1. The topological polar surface area (TPSA) is 126 Å². The minimum Gasteiger partial charge on any atom is -0.477 e. The number of aromatic nitrogens is 3. The molecule has 0 aliphatic heterocycles. The fourth-order valence-electron chi connectivity index (χ4n) is 4.40. The lowest BCUT2D eigenvalue weighted by Crippen LogP contribution is -2.29. The highest BCUT2D eigenvalue weighted by Gasteiger charge is 2.25. The zero-order chi connectivity index (χ0) is 27.1. The van der Waals surface area contributed by atoms with E-state index in [-0.39, 0.29) is 17.3 Å². The summed E-state index contributed by atoms with van der Waals surface area (Å²) in [6.45, 7) is 2.42. The van der Waals surface area contributed by atoms with Gasteiger partial charge in [0.2, 0.25) is 5.91 Å². The van der Waals surface area contributed by atoms with Gasteiger partial charge in [0.05, 0.1) is 6.20 Å². The van der Waals surface area contributed by atoms with E-state index in [1.54, 1.807) is 29.0 Å². The van der Waals surface area contributed by atoms with Gasteiger partial charge in [-0.2, -0.15) is 0 Å². The molecule has 0 bridgehead atoms. The summed E-state index contributed by atoms with van der Waals surface area (Å²) in [5, 5.41) is 22.1. The molecule has 0 saturated heterocycles. The van der Waals surface area contributed by atoms with Gasteiger partial charge in [-0.05, 0) is 41.8 Å². The van der Waals surface area contributed by atoms with Crippen LogP contribution in [0.1, 0.15) is 63.7 Å². The van der Waals surface area contributed by atoms with Crippen molar-refractivity contribution in [2.45, 2.75) is 45.2 Å². The zero-order valence-electron chi connectivity index (χ0n) is 21.1. The summed E-state index contributed by atoms with van der Waals surface area (Å²) in [7, 11) is 0. The number of unbranched alkanes of at least 4 members (excludes halogenated alkanes) is 1. The normalized spacial score (nSPS) is 11.7. The lowest BCUT2D eigenvalue weighted by atomic mass is 10.0. The number of carboxylic acids is 2. The summed E-state index contributed by atoms with van der Waals surface area (Å²) < 4.78 is 3.18. The quantitative estimate of drug-likeness (QED) is 0.247. The van der Waals surface area contributed by atoms with Gasteiger partial charge in [-0.1, -0.05) is 55.8 Å². The van der Waals surface area contributed by atoms with Crippen LogP contribution in [0.25, 0.3) is 0 Å². The molecule has 2 heterocycles. The number of nitrogens with one attached hydrogen (secondary N) is 1. The van der Waals surface area contributed by atoms with Crippen molar-refractivity contribution in [3.05, 3.63) is 107 Å². The summed E-state index contributed by atoms with van der Waals surface area (Å²) in [6, 6.07) is 18.9. The van der Waals surface area contributed by atoms with Crippen LogP contribution in [-0.4, -0.2) is 42.2 Å². The van der Waals surface area contributed by atoms with Crippen molar-refractivity contribution in [3.63, 3.8) is 0 Å². The second-order valence-electron chi connectivity index (χ2n) is 9.05. The molecule has 1 amide bonds. The maximum atomic E-state index is 13.4. The van der Waals surface area contributed by atoms with Crippen LogP contribution in [0.4, 0.5) is 5.69 Å². The van der Waals surface area contributed by atoms with Crippen molar-refractivity contribution in [2.24, 2.45) is 0 Å². The van der Waals surface area contributed by atoms with Crippen LogP contribution in [0.5, 0.6) is 0 Å². The van der Waals surface area contributed by atoms with Gasteiger partial charge in [0.1, 0.15) is 23.3 Å². The monoisotopic (exact) mass is 514 g/mol. The number of carbonyl (C=O) groups excluding carboxylic acids is 1. The standard InChI is InChI=1S/C29H30N4O5/c1-2-3-11-26-30-18-25(29(37)38)33(26)19-21-12-14-22(15-13-21)31-27(34)24(17-20-8-5-4-6-9-20)32-16-7-10-23(32)28(35)36/h4-10,12-16,18,24H,2-3,11,17,19H2,1H3,(H,31,34)(H,35,36)(H,37,38)/t24-/m0/s1. The van der Waals surface area contributed by atoms with Gasteiger partial charge in [0.25, 0.3) is 0 Å². The van der Waals surface area contributed by atoms with Crippen molar-refractivity contribution in [1.29, 1.82) is 0 Å². The van der Waals surface area contributed by atoms with E-state index in [4.69, 9.17) is 0 Å². The molecule has 3 N–H and O–H groups in total. The molecule has 4 rings (SSSR count). The number of nitrogens with zero attached hydrogens (tertiary/aromatic N) is 3. The summed E-state index contributed by atoms with van der Waals surface area (Å²) in [4.78, 5) is 41.1. The molecule has 0 aliphatic carbocycles. The van der Waals surface area contributed by atoms with Crippen molar-refractivity contribution in [1.82, 2.24) is 14.1 Å². The highest BCUT2D eigenvalue weighted by Crippen LogP contribution is 2.22. The average Bonchev–Trinajstić information content (AvgIpc) is 3.55. The first kappa shape index (κ1) is 26.4. The lowest BCUT2D eigenvalue weighted by Gasteiger charge is -2.20. The number of hydrogen-bond donors (Lipinski definition) is 3. The molecule has 2 aromatic carbocycles. The number of benzene rings is 2. The van der Waals surface area contributed by atoms with Crippen molar-refractivity contribution < 1.29 is 24.6 Å². The Morgan fingerprint density at radius 1 is 0.895 bits per heavy atom. The van der Waals surface area contributed by atoms with E-state index >= 15 is 0 Å². The third-order valence-corrected chi connectivity index (χ3v) is 6.38. The van der Waals surface area contributed by atoms with Gasteiger partial charge in [-0.25, -0.2) is 14.6 Å².